The van der Waals surface area contributed by atoms with Crippen LogP contribution in [0, 0.1) is 0 Å². The van der Waals surface area contributed by atoms with Crippen molar-refractivity contribution < 1.29 is 9.90 Å². The van der Waals surface area contributed by atoms with Gasteiger partial charge in [0.25, 0.3) is 0 Å². The molecule has 0 radical (unpaired) electrons. The van der Waals surface area contributed by atoms with Gasteiger partial charge in [-0.1, -0.05) is 33.6 Å². The van der Waals surface area contributed by atoms with Crippen molar-refractivity contribution in [2.45, 2.75) is 65.0 Å². The Morgan fingerprint density at radius 1 is 1.29 bits per heavy atom. The molecule has 3 N–H and O–H groups in total. The molecule has 0 bridgehead atoms. The molecule has 0 saturated heterocycles. The second-order valence-electron chi connectivity index (χ2n) is 4.47. The molecular formula is C13H28N2O2. The van der Waals surface area contributed by atoms with Crippen LogP contribution >= 0.6 is 0 Å². The van der Waals surface area contributed by atoms with Gasteiger partial charge in [-0.25, -0.2) is 0 Å². The van der Waals surface area contributed by atoms with Crippen LogP contribution in [-0.4, -0.2) is 41.1 Å². The number of amides is 1. The van der Waals surface area contributed by atoms with Crippen molar-refractivity contribution in [3.63, 3.8) is 0 Å². The SMILES string of the molecule is CCCC[C@H](N)C(=O)N(CCO)C(CC)CC. The van der Waals surface area contributed by atoms with Crippen LogP contribution in [0.25, 0.3) is 0 Å². The molecule has 0 heterocycles. The predicted molar refractivity (Wildman–Crippen MR) is 70.7 cm³/mol. The molecule has 4 heteroatoms. The molecule has 0 aliphatic heterocycles. The summed E-state index contributed by atoms with van der Waals surface area (Å²) in [5, 5.41) is 9.05. The molecule has 0 unspecified atom stereocenters. The summed E-state index contributed by atoms with van der Waals surface area (Å²) in [6.07, 6.45) is 4.57. The quantitative estimate of drug-likeness (QED) is 0.646. The van der Waals surface area contributed by atoms with Gasteiger partial charge in [-0.2, -0.15) is 0 Å². The highest BCUT2D eigenvalue weighted by Crippen LogP contribution is 2.11. The first kappa shape index (κ1) is 16.4. The molecule has 0 aromatic rings. The second kappa shape index (κ2) is 9.42. The Bertz CT molecular complexity index is 206. The average molecular weight is 244 g/mol. The minimum absolute atomic E-state index is 0.00272. The van der Waals surface area contributed by atoms with Crippen LogP contribution in [0.4, 0.5) is 0 Å². The molecule has 0 aliphatic carbocycles. The fourth-order valence-electron chi connectivity index (χ4n) is 2.07. The minimum atomic E-state index is -0.415. The minimum Gasteiger partial charge on any atom is -0.395 e. The van der Waals surface area contributed by atoms with Gasteiger partial charge in [0.15, 0.2) is 0 Å². The highest BCUT2D eigenvalue weighted by molar-refractivity contribution is 5.81. The van der Waals surface area contributed by atoms with Crippen LogP contribution in [0.1, 0.15) is 52.9 Å². The van der Waals surface area contributed by atoms with E-state index in [-0.39, 0.29) is 18.6 Å². The number of aliphatic hydroxyl groups excluding tert-OH is 1. The van der Waals surface area contributed by atoms with E-state index in [1.165, 1.54) is 0 Å². The van der Waals surface area contributed by atoms with Gasteiger partial charge >= 0.3 is 0 Å². The molecule has 102 valence electrons. The molecule has 0 aromatic carbocycles. The Balaban J connectivity index is 4.51. The standard InChI is InChI=1S/C13H28N2O2/c1-4-7-8-12(14)13(17)15(9-10-16)11(5-2)6-3/h11-12,16H,4-10,14H2,1-3H3/t12-/m0/s1. The average Bonchev–Trinajstić information content (AvgIpc) is 2.35. The van der Waals surface area contributed by atoms with E-state index in [4.69, 9.17) is 10.8 Å². The molecule has 0 aliphatic rings. The zero-order valence-electron chi connectivity index (χ0n) is 11.5. The fourth-order valence-corrected chi connectivity index (χ4v) is 2.07. The fraction of sp³-hybridized carbons (Fsp3) is 0.923. The Morgan fingerprint density at radius 2 is 1.88 bits per heavy atom. The summed E-state index contributed by atoms with van der Waals surface area (Å²) < 4.78 is 0. The zero-order chi connectivity index (χ0) is 13.3. The number of aliphatic hydroxyl groups is 1. The summed E-state index contributed by atoms with van der Waals surface area (Å²) in [5.41, 5.74) is 5.91. The van der Waals surface area contributed by atoms with Gasteiger partial charge in [-0.15, -0.1) is 0 Å². The van der Waals surface area contributed by atoms with Gasteiger partial charge < -0.3 is 15.7 Å². The highest BCUT2D eigenvalue weighted by Gasteiger charge is 2.24. The Labute approximate surface area is 105 Å². The van der Waals surface area contributed by atoms with E-state index in [1.54, 1.807) is 4.90 Å². The van der Waals surface area contributed by atoms with Gasteiger partial charge in [0.1, 0.15) is 0 Å². The molecule has 4 nitrogen and oxygen atoms in total. The van der Waals surface area contributed by atoms with Crippen LogP contribution in [0.3, 0.4) is 0 Å². The first-order chi connectivity index (χ1) is 8.12. The summed E-state index contributed by atoms with van der Waals surface area (Å²) >= 11 is 0. The number of unbranched alkanes of at least 4 members (excludes halogenated alkanes) is 1. The lowest BCUT2D eigenvalue weighted by molar-refractivity contribution is -0.135. The summed E-state index contributed by atoms with van der Waals surface area (Å²) in [5.74, 6) is -0.0128. The third-order valence-corrected chi connectivity index (χ3v) is 3.19. The predicted octanol–water partition coefficient (Wildman–Crippen LogP) is 1.51. The largest absolute Gasteiger partial charge is 0.395 e. The zero-order valence-corrected chi connectivity index (χ0v) is 11.5. The third-order valence-electron chi connectivity index (χ3n) is 3.19. The van der Waals surface area contributed by atoms with E-state index >= 15 is 0 Å². The van der Waals surface area contributed by atoms with E-state index in [9.17, 15) is 4.79 Å². The van der Waals surface area contributed by atoms with Crippen molar-refractivity contribution in [1.29, 1.82) is 0 Å². The maximum atomic E-state index is 12.2. The Hall–Kier alpha value is -0.610. The molecule has 17 heavy (non-hydrogen) atoms. The highest BCUT2D eigenvalue weighted by atomic mass is 16.3. The summed E-state index contributed by atoms with van der Waals surface area (Å²) in [4.78, 5) is 13.9. The topological polar surface area (TPSA) is 66.6 Å². The lowest BCUT2D eigenvalue weighted by Crippen LogP contribution is -2.49. The lowest BCUT2D eigenvalue weighted by Gasteiger charge is -2.32. The monoisotopic (exact) mass is 244 g/mol. The van der Waals surface area contributed by atoms with Gasteiger partial charge in [-0.05, 0) is 19.3 Å². The molecular weight excluding hydrogens is 216 g/mol. The number of nitrogens with zero attached hydrogens (tertiary/aromatic N) is 1. The van der Waals surface area contributed by atoms with Crippen LogP contribution in [0.5, 0.6) is 0 Å². The van der Waals surface area contributed by atoms with Crippen molar-refractivity contribution in [1.82, 2.24) is 4.90 Å². The second-order valence-corrected chi connectivity index (χ2v) is 4.47. The van der Waals surface area contributed by atoms with E-state index < -0.39 is 6.04 Å². The van der Waals surface area contributed by atoms with Gasteiger partial charge in [0.05, 0.1) is 12.6 Å². The first-order valence-corrected chi connectivity index (χ1v) is 6.79. The number of rotatable bonds is 9. The number of carbonyl (C=O) groups is 1. The van der Waals surface area contributed by atoms with Gasteiger partial charge in [0.2, 0.25) is 5.91 Å². The summed E-state index contributed by atoms with van der Waals surface area (Å²) in [6, 6.07) is -0.218. The molecule has 0 aromatic heterocycles. The van der Waals surface area contributed by atoms with Crippen LogP contribution in [0.2, 0.25) is 0 Å². The van der Waals surface area contributed by atoms with Crippen LogP contribution < -0.4 is 5.73 Å². The summed E-state index contributed by atoms with van der Waals surface area (Å²) in [7, 11) is 0. The van der Waals surface area contributed by atoms with Crippen molar-refractivity contribution in [3.8, 4) is 0 Å². The summed E-state index contributed by atoms with van der Waals surface area (Å²) in [6.45, 7) is 6.60. The van der Waals surface area contributed by atoms with Crippen molar-refractivity contribution >= 4 is 5.91 Å². The van der Waals surface area contributed by atoms with Gasteiger partial charge in [-0.3, -0.25) is 4.79 Å². The molecule has 1 amide bonds. The molecule has 0 rings (SSSR count). The maximum absolute atomic E-state index is 12.2. The number of hydrogen-bond acceptors (Lipinski definition) is 3. The first-order valence-electron chi connectivity index (χ1n) is 6.79. The van der Waals surface area contributed by atoms with Crippen LogP contribution in [0.15, 0.2) is 0 Å². The Morgan fingerprint density at radius 3 is 2.29 bits per heavy atom. The van der Waals surface area contributed by atoms with E-state index in [0.29, 0.717) is 6.54 Å². The smallest absolute Gasteiger partial charge is 0.239 e. The molecule has 0 saturated carbocycles. The molecule has 0 fully saturated rings. The van der Waals surface area contributed by atoms with Crippen molar-refractivity contribution in [3.05, 3.63) is 0 Å². The van der Waals surface area contributed by atoms with E-state index in [2.05, 4.69) is 20.8 Å². The number of hydrogen-bond donors (Lipinski definition) is 2. The van der Waals surface area contributed by atoms with E-state index in [0.717, 1.165) is 32.1 Å². The van der Waals surface area contributed by atoms with Crippen molar-refractivity contribution in [2.75, 3.05) is 13.2 Å². The number of carbonyl (C=O) groups excluding carboxylic acids is 1. The van der Waals surface area contributed by atoms with Crippen LogP contribution in [-0.2, 0) is 4.79 Å². The number of nitrogens with two attached hydrogens (primary N) is 1. The van der Waals surface area contributed by atoms with E-state index in [1.807, 2.05) is 0 Å². The van der Waals surface area contributed by atoms with Crippen molar-refractivity contribution in [2.24, 2.45) is 5.73 Å². The Kier molecular flexibility index (Phi) is 9.09. The van der Waals surface area contributed by atoms with Gasteiger partial charge in [0, 0.05) is 12.6 Å². The molecule has 0 spiro atoms. The third kappa shape index (κ3) is 5.50. The maximum Gasteiger partial charge on any atom is 0.239 e. The lowest BCUT2D eigenvalue weighted by atomic mass is 10.1. The normalized spacial score (nSPS) is 12.8. The molecule has 1 atom stereocenters.